The molecule has 19 heavy (non-hydrogen) atoms. The fourth-order valence-electron chi connectivity index (χ4n) is 3.04. The molecule has 2 aliphatic heterocycles. The second kappa shape index (κ2) is 8.20. The van der Waals surface area contributed by atoms with Gasteiger partial charge in [-0.15, -0.1) is 0 Å². The van der Waals surface area contributed by atoms with E-state index >= 15 is 0 Å². The van der Waals surface area contributed by atoms with Gasteiger partial charge in [0.15, 0.2) is 0 Å². The van der Waals surface area contributed by atoms with Crippen LogP contribution in [-0.2, 0) is 4.74 Å². The fourth-order valence-corrected chi connectivity index (χ4v) is 3.04. The molecule has 4 nitrogen and oxygen atoms in total. The van der Waals surface area contributed by atoms with Gasteiger partial charge < -0.3 is 15.0 Å². The molecule has 0 radical (unpaired) electrons. The van der Waals surface area contributed by atoms with Gasteiger partial charge in [0.25, 0.3) is 0 Å². The lowest BCUT2D eigenvalue weighted by Gasteiger charge is -2.36. The molecule has 0 spiro atoms. The van der Waals surface area contributed by atoms with Crippen molar-refractivity contribution in [1.29, 1.82) is 0 Å². The lowest BCUT2D eigenvalue weighted by Crippen LogP contribution is -2.49. The summed E-state index contributed by atoms with van der Waals surface area (Å²) in [6.07, 6.45) is 2.37. The summed E-state index contributed by atoms with van der Waals surface area (Å²) in [6, 6.07) is 0.691. The lowest BCUT2D eigenvalue weighted by molar-refractivity contribution is 0.0755. The van der Waals surface area contributed by atoms with Gasteiger partial charge in [0.05, 0.1) is 0 Å². The van der Waals surface area contributed by atoms with E-state index < -0.39 is 0 Å². The highest BCUT2D eigenvalue weighted by atomic mass is 16.5. The van der Waals surface area contributed by atoms with E-state index in [2.05, 4.69) is 29.0 Å². The summed E-state index contributed by atoms with van der Waals surface area (Å²) >= 11 is 0. The molecule has 1 N–H and O–H groups in total. The average molecular weight is 269 g/mol. The van der Waals surface area contributed by atoms with E-state index in [4.69, 9.17) is 4.74 Å². The first-order valence-electron chi connectivity index (χ1n) is 8.00. The van der Waals surface area contributed by atoms with Crippen LogP contribution in [-0.4, -0.2) is 74.9 Å². The number of nitrogens with one attached hydrogen (secondary N) is 1. The summed E-state index contributed by atoms with van der Waals surface area (Å²) < 4.78 is 5.38. The van der Waals surface area contributed by atoms with Crippen molar-refractivity contribution in [2.45, 2.75) is 32.7 Å². The van der Waals surface area contributed by atoms with Gasteiger partial charge in [0, 0.05) is 65.1 Å². The van der Waals surface area contributed by atoms with Crippen LogP contribution in [0.2, 0.25) is 0 Å². The highest BCUT2D eigenvalue weighted by Gasteiger charge is 2.18. The lowest BCUT2D eigenvalue weighted by atomic mass is 10.1. The van der Waals surface area contributed by atoms with Gasteiger partial charge in [-0.25, -0.2) is 0 Å². The molecule has 0 aromatic carbocycles. The van der Waals surface area contributed by atoms with Crippen molar-refractivity contribution in [3.63, 3.8) is 0 Å². The van der Waals surface area contributed by atoms with E-state index in [1.807, 2.05) is 0 Å². The molecule has 0 unspecified atom stereocenters. The van der Waals surface area contributed by atoms with E-state index in [1.54, 1.807) is 0 Å². The van der Waals surface area contributed by atoms with Gasteiger partial charge in [-0.1, -0.05) is 13.8 Å². The number of ether oxygens (including phenoxy) is 1. The van der Waals surface area contributed by atoms with E-state index in [1.165, 1.54) is 52.1 Å². The van der Waals surface area contributed by atoms with E-state index in [-0.39, 0.29) is 0 Å². The molecular weight excluding hydrogens is 238 g/mol. The Hall–Kier alpha value is -0.160. The first-order valence-corrected chi connectivity index (χ1v) is 8.00. The Kier molecular flexibility index (Phi) is 6.57. The molecule has 2 heterocycles. The summed E-state index contributed by atoms with van der Waals surface area (Å²) in [5.41, 5.74) is 0. The van der Waals surface area contributed by atoms with Gasteiger partial charge in [-0.3, -0.25) is 4.90 Å². The van der Waals surface area contributed by atoms with Crippen LogP contribution in [0.4, 0.5) is 0 Å². The van der Waals surface area contributed by atoms with E-state index in [9.17, 15) is 0 Å². The van der Waals surface area contributed by atoms with Crippen LogP contribution in [0.5, 0.6) is 0 Å². The number of piperazine rings is 1. The normalized spacial score (nSPS) is 24.2. The smallest absolute Gasteiger partial charge is 0.0480 e. The van der Waals surface area contributed by atoms with Crippen molar-refractivity contribution in [3.8, 4) is 0 Å². The molecule has 2 rings (SSSR count). The molecule has 2 fully saturated rings. The van der Waals surface area contributed by atoms with Crippen LogP contribution in [0.3, 0.4) is 0 Å². The largest absolute Gasteiger partial charge is 0.381 e. The predicted molar refractivity (Wildman–Crippen MR) is 79.6 cm³/mol. The molecule has 112 valence electrons. The maximum Gasteiger partial charge on any atom is 0.0480 e. The summed E-state index contributed by atoms with van der Waals surface area (Å²) in [4.78, 5) is 5.20. The van der Waals surface area contributed by atoms with Crippen molar-refractivity contribution in [2.75, 3.05) is 59.0 Å². The van der Waals surface area contributed by atoms with Crippen molar-refractivity contribution >= 4 is 0 Å². The highest BCUT2D eigenvalue weighted by molar-refractivity contribution is 4.75. The second-order valence-electron chi connectivity index (χ2n) is 6.38. The summed E-state index contributed by atoms with van der Waals surface area (Å²) in [5, 5.41) is 3.68. The molecular formula is C15H31N3O. The fraction of sp³-hybridized carbons (Fsp3) is 1.00. The van der Waals surface area contributed by atoms with Crippen LogP contribution in [0.1, 0.15) is 26.7 Å². The van der Waals surface area contributed by atoms with Crippen LogP contribution < -0.4 is 5.32 Å². The van der Waals surface area contributed by atoms with Crippen LogP contribution in [0.25, 0.3) is 0 Å². The zero-order valence-electron chi connectivity index (χ0n) is 12.7. The molecule has 0 amide bonds. The zero-order valence-corrected chi connectivity index (χ0v) is 12.7. The maximum atomic E-state index is 5.38. The molecule has 4 heteroatoms. The Morgan fingerprint density at radius 2 is 1.68 bits per heavy atom. The average Bonchev–Trinajstić information content (AvgIpc) is 2.41. The predicted octanol–water partition coefficient (Wildman–Crippen LogP) is 1.03. The standard InChI is InChI=1S/C15H31N3O/c1-14(2)13-18-9-7-17(8-10-18)6-5-16-15-3-11-19-12-4-15/h14-16H,3-13H2,1-2H3. The molecule has 2 aliphatic rings. The maximum absolute atomic E-state index is 5.38. The molecule has 0 saturated carbocycles. The van der Waals surface area contributed by atoms with Gasteiger partial charge in [-0.2, -0.15) is 0 Å². The summed E-state index contributed by atoms with van der Waals surface area (Å²) in [6.45, 7) is 15.1. The molecule has 0 aliphatic carbocycles. The van der Waals surface area contributed by atoms with Crippen LogP contribution in [0.15, 0.2) is 0 Å². The third-order valence-corrected chi connectivity index (χ3v) is 4.17. The Balaban J connectivity index is 1.53. The topological polar surface area (TPSA) is 27.7 Å². The quantitative estimate of drug-likeness (QED) is 0.779. The van der Waals surface area contributed by atoms with Crippen molar-refractivity contribution in [2.24, 2.45) is 5.92 Å². The van der Waals surface area contributed by atoms with Crippen molar-refractivity contribution < 1.29 is 4.74 Å². The second-order valence-corrected chi connectivity index (χ2v) is 6.38. The number of hydrogen-bond acceptors (Lipinski definition) is 4. The monoisotopic (exact) mass is 269 g/mol. The van der Waals surface area contributed by atoms with Gasteiger partial charge >= 0.3 is 0 Å². The molecule has 0 aromatic rings. The van der Waals surface area contributed by atoms with Crippen LogP contribution in [0, 0.1) is 5.92 Å². The minimum absolute atomic E-state index is 0.691. The Labute approximate surface area is 118 Å². The molecule has 0 aromatic heterocycles. The first kappa shape index (κ1) is 15.2. The van der Waals surface area contributed by atoms with Crippen molar-refractivity contribution in [1.82, 2.24) is 15.1 Å². The minimum atomic E-state index is 0.691. The van der Waals surface area contributed by atoms with Crippen LogP contribution >= 0.6 is 0 Å². The third kappa shape index (κ3) is 5.78. The number of rotatable bonds is 6. The van der Waals surface area contributed by atoms with Crippen molar-refractivity contribution in [3.05, 3.63) is 0 Å². The number of hydrogen-bond donors (Lipinski definition) is 1. The Morgan fingerprint density at radius 3 is 2.32 bits per heavy atom. The summed E-state index contributed by atoms with van der Waals surface area (Å²) in [7, 11) is 0. The Bertz CT molecular complexity index is 234. The summed E-state index contributed by atoms with van der Waals surface area (Å²) in [5.74, 6) is 0.793. The van der Waals surface area contributed by atoms with E-state index in [0.29, 0.717) is 6.04 Å². The minimum Gasteiger partial charge on any atom is -0.381 e. The first-order chi connectivity index (χ1) is 9.24. The highest BCUT2D eigenvalue weighted by Crippen LogP contribution is 2.07. The Morgan fingerprint density at radius 1 is 1.05 bits per heavy atom. The SMILES string of the molecule is CC(C)CN1CCN(CCNC2CCOCC2)CC1. The zero-order chi connectivity index (χ0) is 13.5. The third-order valence-electron chi connectivity index (χ3n) is 4.17. The van der Waals surface area contributed by atoms with Gasteiger partial charge in [0.1, 0.15) is 0 Å². The number of nitrogens with zero attached hydrogens (tertiary/aromatic N) is 2. The molecule has 0 atom stereocenters. The van der Waals surface area contributed by atoms with E-state index in [0.717, 1.165) is 25.7 Å². The molecule has 2 saturated heterocycles. The van der Waals surface area contributed by atoms with Gasteiger partial charge in [0.2, 0.25) is 0 Å². The molecule has 0 bridgehead atoms. The van der Waals surface area contributed by atoms with Gasteiger partial charge in [-0.05, 0) is 18.8 Å².